The Balaban J connectivity index is 1.42. The van der Waals surface area contributed by atoms with Gasteiger partial charge in [0.05, 0.1) is 6.54 Å². The average molecular weight is 482 g/mol. The van der Waals surface area contributed by atoms with Crippen molar-refractivity contribution in [3.63, 3.8) is 0 Å². The first-order chi connectivity index (χ1) is 18.2. The number of epoxide rings is 1. The number of carbonyl (C=O) groups is 2. The summed E-state index contributed by atoms with van der Waals surface area (Å²) in [6.07, 6.45) is 0. The largest absolute Gasteiger partial charge is 0.345 e. The molecule has 0 radical (unpaired) electrons. The van der Waals surface area contributed by atoms with Crippen LogP contribution in [0.3, 0.4) is 0 Å². The van der Waals surface area contributed by atoms with Gasteiger partial charge in [0.15, 0.2) is 11.2 Å². The summed E-state index contributed by atoms with van der Waals surface area (Å²) in [5.41, 5.74) is 2.14. The second kappa shape index (κ2) is 7.99. The fourth-order valence-corrected chi connectivity index (χ4v) is 5.98. The zero-order valence-electron chi connectivity index (χ0n) is 20.0. The molecule has 0 aromatic heterocycles. The van der Waals surface area contributed by atoms with E-state index in [1.807, 2.05) is 115 Å². The number of hydrogen-bond acceptors (Lipinski definition) is 3. The van der Waals surface area contributed by atoms with E-state index >= 15 is 0 Å². The maximum Gasteiger partial charge on any atom is 0.261 e. The third-order valence-corrected chi connectivity index (χ3v) is 7.69. The Bertz CT molecular complexity index is 1570. The lowest BCUT2D eigenvalue weighted by Gasteiger charge is -2.31. The van der Waals surface area contributed by atoms with Gasteiger partial charge in [-0.05, 0) is 34.2 Å². The SMILES string of the molecule is O=C1c2cccc3cccc(c23)C(=O)N1CC1(c2ccccc2)OC1(c1ccccc1)c1ccccc1. The van der Waals surface area contributed by atoms with Gasteiger partial charge in [0.25, 0.3) is 11.8 Å². The number of imide groups is 1. The van der Waals surface area contributed by atoms with Crippen LogP contribution < -0.4 is 0 Å². The molecular weight excluding hydrogens is 458 g/mol. The van der Waals surface area contributed by atoms with E-state index in [1.165, 1.54) is 4.90 Å². The topological polar surface area (TPSA) is 49.9 Å². The van der Waals surface area contributed by atoms with Crippen molar-refractivity contribution in [2.24, 2.45) is 0 Å². The van der Waals surface area contributed by atoms with E-state index in [0.29, 0.717) is 11.1 Å². The number of carbonyl (C=O) groups excluding carboxylic acids is 2. The number of nitrogens with zero attached hydrogens (tertiary/aromatic N) is 1. The Hall–Kier alpha value is -4.54. The van der Waals surface area contributed by atoms with Crippen LogP contribution in [-0.2, 0) is 15.9 Å². The molecule has 4 nitrogen and oxygen atoms in total. The van der Waals surface area contributed by atoms with E-state index in [2.05, 4.69) is 0 Å². The highest BCUT2D eigenvalue weighted by Gasteiger charge is 2.73. The predicted octanol–water partition coefficient (Wildman–Crippen LogP) is 6.31. The Labute approximate surface area is 214 Å². The summed E-state index contributed by atoms with van der Waals surface area (Å²) in [6.45, 7) is 0.0865. The summed E-state index contributed by atoms with van der Waals surface area (Å²) in [5, 5.41) is 1.61. The van der Waals surface area contributed by atoms with Crippen molar-refractivity contribution >= 4 is 22.6 Å². The van der Waals surface area contributed by atoms with Crippen LogP contribution in [0, 0.1) is 0 Å². The fourth-order valence-electron chi connectivity index (χ4n) is 5.98. The van der Waals surface area contributed by atoms with Crippen LogP contribution in [0.4, 0.5) is 0 Å². The number of ether oxygens (including phenoxy) is 1. The summed E-state index contributed by atoms with van der Waals surface area (Å²) in [6, 6.07) is 41.3. The van der Waals surface area contributed by atoms with Crippen molar-refractivity contribution < 1.29 is 14.3 Å². The minimum atomic E-state index is -0.956. The zero-order chi connectivity index (χ0) is 25.0. The Morgan fingerprint density at radius 3 is 1.49 bits per heavy atom. The highest BCUT2D eigenvalue weighted by Crippen LogP contribution is 2.66. The van der Waals surface area contributed by atoms with E-state index in [0.717, 1.165) is 27.5 Å². The molecule has 178 valence electrons. The second-order valence-electron chi connectivity index (χ2n) is 9.61. The van der Waals surface area contributed by atoms with Crippen LogP contribution in [0.25, 0.3) is 10.8 Å². The van der Waals surface area contributed by atoms with Crippen LogP contribution >= 0.6 is 0 Å². The Kier molecular flexibility index (Phi) is 4.69. The molecule has 0 bridgehead atoms. The van der Waals surface area contributed by atoms with Gasteiger partial charge in [0.2, 0.25) is 0 Å². The molecular formula is C33H23NO3. The van der Waals surface area contributed by atoms with E-state index in [9.17, 15) is 9.59 Å². The zero-order valence-corrected chi connectivity index (χ0v) is 20.0. The molecule has 0 N–H and O–H groups in total. The van der Waals surface area contributed by atoms with Crippen molar-refractivity contribution in [1.29, 1.82) is 0 Å². The number of rotatable bonds is 5. The predicted molar refractivity (Wildman–Crippen MR) is 142 cm³/mol. The molecule has 2 aliphatic heterocycles. The lowest BCUT2D eigenvalue weighted by Crippen LogP contribution is -2.46. The summed E-state index contributed by atoms with van der Waals surface area (Å²) in [7, 11) is 0. The normalized spacial score (nSPS) is 19.7. The van der Waals surface area contributed by atoms with Crippen LogP contribution in [-0.4, -0.2) is 23.3 Å². The Morgan fingerprint density at radius 2 is 1.00 bits per heavy atom. The molecule has 4 heteroatoms. The Morgan fingerprint density at radius 1 is 0.541 bits per heavy atom. The lowest BCUT2D eigenvalue weighted by atomic mass is 9.76. The van der Waals surface area contributed by atoms with E-state index in [1.54, 1.807) is 12.1 Å². The maximum absolute atomic E-state index is 13.9. The van der Waals surface area contributed by atoms with Gasteiger partial charge in [-0.25, -0.2) is 0 Å². The summed E-state index contributed by atoms with van der Waals surface area (Å²) >= 11 is 0. The number of benzene rings is 5. The van der Waals surface area contributed by atoms with E-state index in [-0.39, 0.29) is 18.4 Å². The van der Waals surface area contributed by atoms with Crippen molar-refractivity contribution in [2.75, 3.05) is 6.54 Å². The maximum atomic E-state index is 13.9. The van der Waals surface area contributed by atoms with Crippen LogP contribution in [0.5, 0.6) is 0 Å². The smallest absolute Gasteiger partial charge is 0.261 e. The molecule has 1 fully saturated rings. The highest BCUT2D eigenvalue weighted by molar-refractivity contribution is 6.25. The van der Waals surface area contributed by atoms with Gasteiger partial charge >= 0.3 is 0 Å². The molecule has 1 saturated heterocycles. The minimum absolute atomic E-state index is 0.0865. The molecule has 2 aliphatic rings. The molecule has 5 aromatic rings. The molecule has 2 amide bonds. The van der Waals surface area contributed by atoms with Gasteiger partial charge in [-0.1, -0.05) is 115 Å². The molecule has 2 heterocycles. The average Bonchev–Trinajstić information content (AvgIpc) is 3.66. The molecule has 0 spiro atoms. The molecule has 1 atom stereocenters. The number of hydrogen-bond donors (Lipinski definition) is 0. The van der Waals surface area contributed by atoms with Gasteiger partial charge in [0, 0.05) is 16.5 Å². The molecule has 1 unspecified atom stereocenters. The minimum Gasteiger partial charge on any atom is -0.345 e. The van der Waals surface area contributed by atoms with Crippen molar-refractivity contribution in [3.8, 4) is 0 Å². The van der Waals surface area contributed by atoms with Gasteiger partial charge in [-0.15, -0.1) is 0 Å². The highest BCUT2D eigenvalue weighted by atomic mass is 16.6. The van der Waals surface area contributed by atoms with Crippen LogP contribution in [0.1, 0.15) is 37.4 Å². The molecule has 0 saturated carbocycles. The molecule has 5 aromatic carbocycles. The lowest BCUT2D eigenvalue weighted by molar-refractivity contribution is 0.0564. The molecule has 0 aliphatic carbocycles. The molecule has 7 rings (SSSR count). The summed E-state index contributed by atoms with van der Waals surface area (Å²) < 4.78 is 6.86. The first-order valence-corrected chi connectivity index (χ1v) is 12.4. The fraction of sp³-hybridized carbons (Fsp3) is 0.0909. The van der Waals surface area contributed by atoms with Gasteiger partial charge in [0.1, 0.15) is 0 Å². The van der Waals surface area contributed by atoms with Gasteiger partial charge in [-0.3, -0.25) is 14.5 Å². The first-order valence-electron chi connectivity index (χ1n) is 12.4. The monoisotopic (exact) mass is 481 g/mol. The van der Waals surface area contributed by atoms with Gasteiger partial charge < -0.3 is 4.74 Å². The van der Waals surface area contributed by atoms with Crippen molar-refractivity contribution in [3.05, 3.63) is 155 Å². The summed E-state index contributed by atoms with van der Waals surface area (Å²) in [5.74, 6) is -0.592. The standard InChI is InChI=1S/C33H23NO3/c35-30-27-20-10-12-23-13-11-21-28(29(23)27)31(36)34(30)22-32(24-14-4-1-5-15-24)33(37-32,25-16-6-2-7-17-25)26-18-8-3-9-19-26/h1-21H,22H2. The third kappa shape index (κ3) is 3.00. The quantitative estimate of drug-likeness (QED) is 0.218. The van der Waals surface area contributed by atoms with Crippen LogP contribution in [0.2, 0.25) is 0 Å². The van der Waals surface area contributed by atoms with E-state index in [4.69, 9.17) is 4.74 Å². The van der Waals surface area contributed by atoms with Crippen LogP contribution in [0.15, 0.2) is 127 Å². The molecule has 37 heavy (non-hydrogen) atoms. The van der Waals surface area contributed by atoms with E-state index < -0.39 is 11.2 Å². The number of amides is 2. The van der Waals surface area contributed by atoms with Crippen molar-refractivity contribution in [1.82, 2.24) is 4.90 Å². The second-order valence-corrected chi connectivity index (χ2v) is 9.61. The first kappa shape index (κ1) is 21.7. The third-order valence-electron chi connectivity index (χ3n) is 7.69. The van der Waals surface area contributed by atoms with Gasteiger partial charge in [-0.2, -0.15) is 0 Å². The van der Waals surface area contributed by atoms with Crippen molar-refractivity contribution in [2.45, 2.75) is 11.2 Å². The summed E-state index contributed by atoms with van der Waals surface area (Å²) in [4.78, 5) is 29.1.